The lowest BCUT2D eigenvalue weighted by molar-refractivity contribution is 0.0743. The second kappa shape index (κ2) is 9.57. The van der Waals surface area contributed by atoms with Crippen molar-refractivity contribution in [2.75, 3.05) is 62.3 Å². The summed E-state index contributed by atoms with van der Waals surface area (Å²) in [5.41, 5.74) is 0.327. The zero-order valence-electron chi connectivity index (χ0n) is 16.4. The Balaban J connectivity index is 1.40. The van der Waals surface area contributed by atoms with Crippen LogP contribution in [0.15, 0.2) is 41.6 Å². The highest BCUT2D eigenvalue weighted by Crippen LogP contribution is 2.29. The van der Waals surface area contributed by atoms with Crippen LogP contribution in [0.5, 0.6) is 0 Å². The predicted octanol–water partition coefficient (Wildman–Crippen LogP) is 2.59. The molecule has 3 heterocycles. The predicted molar refractivity (Wildman–Crippen MR) is 111 cm³/mol. The van der Waals surface area contributed by atoms with Gasteiger partial charge < -0.3 is 19.4 Å². The van der Waals surface area contributed by atoms with Crippen molar-refractivity contribution < 1.29 is 18.3 Å². The Bertz CT molecular complexity index is 874. The summed E-state index contributed by atoms with van der Waals surface area (Å²) in [5.74, 6) is -1.07. The van der Waals surface area contributed by atoms with Crippen LogP contribution in [-0.4, -0.2) is 79.0 Å². The number of alkyl halides is 2. The van der Waals surface area contributed by atoms with Crippen molar-refractivity contribution in [2.24, 2.45) is 0 Å². The van der Waals surface area contributed by atoms with Gasteiger partial charge in [0.05, 0.1) is 18.8 Å². The molecule has 7 nitrogen and oxygen atoms in total. The van der Waals surface area contributed by atoms with Gasteiger partial charge in [0.1, 0.15) is 18.0 Å². The third-order valence-corrected chi connectivity index (χ3v) is 5.99. The molecule has 10 heteroatoms. The minimum Gasteiger partial charge on any atom is -0.378 e. The largest absolute Gasteiger partial charge is 0.378 e. The lowest BCUT2D eigenvalue weighted by atomic mass is 10.2. The summed E-state index contributed by atoms with van der Waals surface area (Å²) in [6.45, 7) is 5.22. The van der Waals surface area contributed by atoms with Crippen LogP contribution in [0.2, 0.25) is 0 Å². The summed E-state index contributed by atoms with van der Waals surface area (Å²) in [5, 5.41) is 0. The van der Waals surface area contributed by atoms with Gasteiger partial charge in [0, 0.05) is 50.2 Å². The van der Waals surface area contributed by atoms with Crippen LogP contribution in [0.4, 0.5) is 20.4 Å². The molecule has 2 aliphatic rings. The summed E-state index contributed by atoms with van der Waals surface area (Å²) >= 11 is 0.408. The number of carbonyl (C=O) groups excluding carboxylic acids is 1. The molecule has 0 unspecified atom stereocenters. The fraction of sp³-hybridized carbons (Fsp3) is 0.450. The number of amides is 1. The van der Waals surface area contributed by atoms with E-state index in [1.54, 1.807) is 35.5 Å². The molecule has 1 aromatic carbocycles. The number of aromatic nitrogens is 2. The van der Waals surface area contributed by atoms with Crippen molar-refractivity contribution in [3.63, 3.8) is 0 Å². The highest BCUT2D eigenvalue weighted by molar-refractivity contribution is 7.99. The van der Waals surface area contributed by atoms with E-state index in [9.17, 15) is 13.6 Å². The van der Waals surface area contributed by atoms with E-state index < -0.39 is 5.76 Å². The first kappa shape index (κ1) is 20.8. The topological polar surface area (TPSA) is 61.8 Å². The normalized spacial score (nSPS) is 17.5. The van der Waals surface area contributed by atoms with Crippen LogP contribution in [0.3, 0.4) is 0 Å². The first-order valence-electron chi connectivity index (χ1n) is 9.84. The average Bonchev–Trinajstić information content (AvgIpc) is 2.79. The fourth-order valence-corrected chi connectivity index (χ4v) is 4.26. The monoisotopic (exact) mass is 435 g/mol. The van der Waals surface area contributed by atoms with Crippen LogP contribution < -0.4 is 9.80 Å². The Morgan fingerprint density at radius 3 is 2.27 bits per heavy atom. The quantitative estimate of drug-likeness (QED) is 0.669. The van der Waals surface area contributed by atoms with Crippen molar-refractivity contribution in [1.29, 1.82) is 0 Å². The molecule has 0 bridgehead atoms. The molecule has 2 aromatic rings. The molecule has 0 spiro atoms. The van der Waals surface area contributed by atoms with Gasteiger partial charge in [0.2, 0.25) is 0 Å². The maximum atomic E-state index is 12.9. The summed E-state index contributed by atoms with van der Waals surface area (Å²) in [4.78, 5) is 28.0. The standard InChI is InChI=1S/C20H23F2N5O2S/c21-20(22)30-16-4-2-1-3-15(16)19(28)27-7-5-25(6-8-27)17-13-18(24-14-23-17)26-9-11-29-12-10-26/h1-4,13-14,20H,5-12H2. The van der Waals surface area contributed by atoms with Gasteiger partial charge in [-0.05, 0) is 12.1 Å². The molecular formula is C20H23F2N5O2S. The second-order valence-electron chi connectivity index (χ2n) is 6.99. The van der Waals surface area contributed by atoms with E-state index in [0.29, 0.717) is 61.6 Å². The number of halogens is 2. The molecule has 1 aromatic heterocycles. The number of rotatable bonds is 5. The van der Waals surface area contributed by atoms with Crippen LogP contribution >= 0.6 is 11.8 Å². The number of benzene rings is 1. The summed E-state index contributed by atoms with van der Waals surface area (Å²) in [6, 6.07) is 8.51. The Hall–Kier alpha value is -2.46. The number of piperazine rings is 1. The number of hydrogen-bond acceptors (Lipinski definition) is 7. The molecule has 4 rings (SSSR count). The molecule has 0 saturated carbocycles. The van der Waals surface area contributed by atoms with Crippen molar-refractivity contribution in [1.82, 2.24) is 14.9 Å². The molecule has 1 amide bonds. The second-order valence-corrected chi connectivity index (χ2v) is 8.02. The van der Waals surface area contributed by atoms with Crippen molar-refractivity contribution >= 4 is 29.3 Å². The minimum atomic E-state index is -2.56. The average molecular weight is 436 g/mol. The highest BCUT2D eigenvalue weighted by Gasteiger charge is 2.26. The van der Waals surface area contributed by atoms with E-state index in [2.05, 4.69) is 19.8 Å². The Labute approximate surface area is 178 Å². The molecule has 0 radical (unpaired) electrons. The van der Waals surface area contributed by atoms with Crippen LogP contribution in [0, 0.1) is 0 Å². The van der Waals surface area contributed by atoms with Gasteiger partial charge in [0.15, 0.2) is 0 Å². The van der Waals surface area contributed by atoms with E-state index >= 15 is 0 Å². The zero-order chi connectivity index (χ0) is 20.9. The first-order valence-corrected chi connectivity index (χ1v) is 10.7. The number of carbonyl (C=O) groups is 1. The molecule has 0 N–H and O–H groups in total. The number of morpholine rings is 1. The SMILES string of the molecule is O=C(c1ccccc1SC(F)F)N1CCN(c2cc(N3CCOCC3)ncn2)CC1. The Kier molecular flexibility index (Phi) is 6.63. The molecule has 2 fully saturated rings. The highest BCUT2D eigenvalue weighted by atomic mass is 32.2. The maximum Gasteiger partial charge on any atom is 0.288 e. The van der Waals surface area contributed by atoms with Crippen LogP contribution in [-0.2, 0) is 4.74 Å². The third kappa shape index (κ3) is 4.81. The van der Waals surface area contributed by atoms with Crippen molar-refractivity contribution in [3.05, 3.63) is 42.2 Å². The molecule has 160 valence electrons. The van der Waals surface area contributed by atoms with Crippen molar-refractivity contribution in [2.45, 2.75) is 10.7 Å². The van der Waals surface area contributed by atoms with Gasteiger partial charge in [-0.15, -0.1) is 0 Å². The van der Waals surface area contributed by atoms with Gasteiger partial charge in [-0.2, -0.15) is 8.78 Å². The lowest BCUT2D eigenvalue weighted by Gasteiger charge is -2.36. The third-order valence-electron chi connectivity index (χ3n) is 5.20. The number of nitrogens with zero attached hydrogens (tertiary/aromatic N) is 5. The maximum absolute atomic E-state index is 12.9. The lowest BCUT2D eigenvalue weighted by Crippen LogP contribution is -2.49. The number of anilines is 2. The van der Waals surface area contributed by atoms with E-state index in [-0.39, 0.29) is 5.91 Å². The molecule has 0 atom stereocenters. The smallest absolute Gasteiger partial charge is 0.288 e. The number of ether oxygens (including phenoxy) is 1. The minimum absolute atomic E-state index is 0.213. The van der Waals surface area contributed by atoms with Gasteiger partial charge in [0.25, 0.3) is 11.7 Å². The summed E-state index contributed by atoms with van der Waals surface area (Å²) < 4.78 is 31.0. The molecular weight excluding hydrogens is 412 g/mol. The summed E-state index contributed by atoms with van der Waals surface area (Å²) in [7, 11) is 0. The van der Waals surface area contributed by atoms with E-state index in [1.165, 1.54) is 0 Å². The van der Waals surface area contributed by atoms with Gasteiger partial charge in [-0.1, -0.05) is 23.9 Å². The fourth-order valence-electron chi connectivity index (χ4n) is 3.63. The van der Waals surface area contributed by atoms with E-state index in [0.717, 1.165) is 24.7 Å². The summed E-state index contributed by atoms with van der Waals surface area (Å²) in [6.07, 6.45) is 1.56. The van der Waals surface area contributed by atoms with Gasteiger partial charge in [-0.25, -0.2) is 9.97 Å². The Morgan fingerprint density at radius 2 is 1.60 bits per heavy atom. The number of hydrogen-bond donors (Lipinski definition) is 0. The molecule has 0 aliphatic carbocycles. The molecule has 30 heavy (non-hydrogen) atoms. The van der Waals surface area contributed by atoms with Gasteiger partial charge in [-0.3, -0.25) is 4.79 Å². The molecule has 2 saturated heterocycles. The zero-order valence-corrected chi connectivity index (χ0v) is 17.2. The number of thioether (sulfide) groups is 1. The van der Waals surface area contributed by atoms with Crippen molar-refractivity contribution in [3.8, 4) is 0 Å². The van der Waals surface area contributed by atoms with E-state index in [1.807, 2.05) is 6.07 Å². The Morgan fingerprint density at radius 1 is 0.967 bits per heavy atom. The first-order chi connectivity index (χ1) is 14.6. The van der Waals surface area contributed by atoms with E-state index in [4.69, 9.17) is 4.74 Å². The van der Waals surface area contributed by atoms with Crippen LogP contribution in [0.1, 0.15) is 10.4 Å². The van der Waals surface area contributed by atoms with Crippen LogP contribution in [0.25, 0.3) is 0 Å². The molecule has 2 aliphatic heterocycles. The van der Waals surface area contributed by atoms with Gasteiger partial charge >= 0.3 is 0 Å².